The van der Waals surface area contributed by atoms with Crippen molar-refractivity contribution in [3.05, 3.63) is 35.4 Å². The summed E-state index contributed by atoms with van der Waals surface area (Å²) in [6.45, 7) is 3.51. The molecule has 1 heterocycles. The Bertz CT molecular complexity index is 513. The molecule has 1 aliphatic rings. The number of carbonyl (C=O) groups excluding carboxylic acids is 1. The van der Waals surface area contributed by atoms with E-state index in [2.05, 4.69) is 0 Å². The van der Waals surface area contributed by atoms with E-state index >= 15 is 0 Å². The second-order valence-corrected chi connectivity index (χ2v) is 5.75. The molecule has 0 aromatic heterocycles. The van der Waals surface area contributed by atoms with Crippen LogP contribution in [0.3, 0.4) is 0 Å². The monoisotopic (exact) mass is 290 g/mol. The first-order valence-corrected chi connectivity index (χ1v) is 7.26. The van der Waals surface area contributed by atoms with Gasteiger partial charge in [0.25, 0.3) is 0 Å². The lowest BCUT2D eigenvalue weighted by molar-refractivity contribution is -0.143. The first kappa shape index (κ1) is 15.4. The number of hydrogen-bond acceptors (Lipinski definition) is 2. The normalized spacial score (nSPS) is 18.4. The molecule has 1 saturated heterocycles. The number of piperidine rings is 1. The summed E-state index contributed by atoms with van der Waals surface area (Å²) < 4.78 is 0. The van der Waals surface area contributed by atoms with Gasteiger partial charge in [-0.2, -0.15) is 0 Å². The van der Waals surface area contributed by atoms with E-state index < -0.39 is 11.9 Å². The molecule has 2 rings (SSSR count). The smallest absolute Gasteiger partial charge is 0.320 e. The summed E-state index contributed by atoms with van der Waals surface area (Å²) >= 11 is 0. The van der Waals surface area contributed by atoms with Crippen LogP contribution in [-0.4, -0.2) is 47.0 Å². The average Bonchev–Trinajstić information content (AvgIpc) is 2.49. The minimum Gasteiger partial charge on any atom is -0.481 e. The highest BCUT2D eigenvalue weighted by Crippen LogP contribution is 2.18. The molecule has 0 bridgehead atoms. The van der Waals surface area contributed by atoms with Gasteiger partial charge in [0.15, 0.2) is 0 Å². The predicted molar refractivity (Wildman–Crippen MR) is 80.0 cm³/mol. The minimum absolute atomic E-state index is 0.0958. The number of benzene rings is 1. The summed E-state index contributed by atoms with van der Waals surface area (Å²) in [6.07, 6.45) is 1.40. The third kappa shape index (κ3) is 3.97. The van der Waals surface area contributed by atoms with Crippen LogP contribution in [0.5, 0.6) is 0 Å². The molecule has 21 heavy (non-hydrogen) atoms. The highest BCUT2D eigenvalue weighted by Gasteiger charge is 2.29. The number of hydrogen-bond donors (Lipinski definition) is 1. The summed E-state index contributed by atoms with van der Waals surface area (Å²) in [5.74, 6) is -1.25. The van der Waals surface area contributed by atoms with E-state index in [0.717, 1.165) is 12.0 Å². The molecular weight excluding hydrogens is 268 g/mol. The van der Waals surface area contributed by atoms with Gasteiger partial charge in [0.1, 0.15) is 0 Å². The van der Waals surface area contributed by atoms with Crippen LogP contribution in [0.2, 0.25) is 0 Å². The highest BCUT2D eigenvalue weighted by molar-refractivity contribution is 5.76. The fourth-order valence-corrected chi connectivity index (χ4v) is 2.63. The van der Waals surface area contributed by atoms with Crippen molar-refractivity contribution in [3.8, 4) is 0 Å². The Balaban J connectivity index is 1.95. The zero-order valence-electron chi connectivity index (χ0n) is 12.6. The maximum atomic E-state index is 12.4. The van der Waals surface area contributed by atoms with Gasteiger partial charge in [0.2, 0.25) is 0 Å². The molecule has 1 aromatic rings. The molecule has 1 aliphatic heterocycles. The Hall–Kier alpha value is -2.04. The molecule has 0 unspecified atom stereocenters. The van der Waals surface area contributed by atoms with E-state index in [1.54, 1.807) is 16.8 Å². The van der Waals surface area contributed by atoms with Gasteiger partial charge >= 0.3 is 12.0 Å². The van der Waals surface area contributed by atoms with Crippen molar-refractivity contribution in [1.82, 2.24) is 9.80 Å². The molecule has 1 atom stereocenters. The Labute approximate surface area is 125 Å². The lowest BCUT2D eigenvalue weighted by Gasteiger charge is -2.33. The topological polar surface area (TPSA) is 60.9 Å². The van der Waals surface area contributed by atoms with Crippen LogP contribution in [0.15, 0.2) is 24.3 Å². The van der Waals surface area contributed by atoms with Crippen LogP contribution in [0.4, 0.5) is 4.79 Å². The minimum atomic E-state index is -0.811. The van der Waals surface area contributed by atoms with Crippen LogP contribution in [0.25, 0.3) is 0 Å². The molecule has 0 aliphatic carbocycles. The van der Waals surface area contributed by atoms with Crippen LogP contribution in [0, 0.1) is 12.8 Å². The van der Waals surface area contributed by atoms with E-state index in [1.165, 1.54) is 5.56 Å². The first-order valence-electron chi connectivity index (χ1n) is 7.26. The van der Waals surface area contributed by atoms with Crippen LogP contribution in [0.1, 0.15) is 24.0 Å². The predicted octanol–water partition coefficient (Wildman–Crippen LogP) is 2.34. The number of carboxylic acids is 1. The number of carbonyl (C=O) groups is 2. The van der Waals surface area contributed by atoms with E-state index in [1.807, 2.05) is 31.2 Å². The third-order valence-electron chi connectivity index (χ3n) is 3.91. The van der Waals surface area contributed by atoms with Gasteiger partial charge in [0.05, 0.1) is 5.92 Å². The Morgan fingerprint density at radius 3 is 2.62 bits per heavy atom. The van der Waals surface area contributed by atoms with E-state index in [0.29, 0.717) is 26.1 Å². The number of urea groups is 1. The molecule has 1 N–H and O–H groups in total. The number of amides is 2. The summed E-state index contributed by atoms with van der Waals surface area (Å²) in [4.78, 5) is 26.8. The fourth-order valence-electron chi connectivity index (χ4n) is 2.63. The quantitative estimate of drug-likeness (QED) is 0.929. The van der Waals surface area contributed by atoms with Crippen LogP contribution < -0.4 is 0 Å². The van der Waals surface area contributed by atoms with Gasteiger partial charge in [0, 0.05) is 26.7 Å². The van der Waals surface area contributed by atoms with Gasteiger partial charge in [-0.15, -0.1) is 0 Å². The second kappa shape index (κ2) is 6.61. The van der Waals surface area contributed by atoms with Gasteiger partial charge < -0.3 is 14.9 Å². The molecule has 1 aromatic carbocycles. The van der Waals surface area contributed by atoms with Crippen LogP contribution >= 0.6 is 0 Å². The number of rotatable bonds is 3. The lowest BCUT2D eigenvalue weighted by Crippen LogP contribution is -2.47. The van der Waals surface area contributed by atoms with Crippen molar-refractivity contribution in [1.29, 1.82) is 0 Å². The van der Waals surface area contributed by atoms with E-state index in [-0.39, 0.29) is 6.03 Å². The van der Waals surface area contributed by atoms with Crippen molar-refractivity contribution in [2.24, 2.45) is 5.92 Å². The highest BCUT2D eigenvalue weighted by atomic mass is 16.4. The molecule has 1 fully saturated rings. The summed E-state index contributed by atoms with van der Waals surface area (Å²) in [6, 6.07) is 7.97. The fraction of sp³-hybridized carbons (Fsp3) is 0.500. The second-order valence-electron chi connectivity index (χ2n) is 5.75. The molecule has 5 nitrogen and oxygen atoms in total. The Morgan fingerprint density at radius 2 is 2.00 bits per heavy atom. The first-order chi connectivity index (χ1) is 9.97. The van der Waals surface area contributed by atoms with Crippen LogP contribution in [-0.2, 0) is 11.3 Å². The van der Waals surface area contributed by atoms with Crippen molar-refractivity contribution >= 4 is 12.0 Å². The van der Waals surface area contributed by atoms with Crippen molar-refractivity contribution in [2.45, 2.75) is 26.3 Å². The standard InChI is InChI=1S/C16H22N2O3/c1-12-5-7-13(8-6-12)10-17(2)16(21)18-9-3-4-14(11-18)15(19)20/h5-8,14H,3-4,9-11H2,1-2H3,(H,19,20)/t14-/m1/s1. The van der Waals surface area contributed by atoms with Gasteiger partial charge in [-0.3, -0.25) is 4.79 Å². The Morgan fingerprint density at radius 1 is 1.33 bits per heavy atom. The van der Waals surface area contributed by atoms with Gasteiger partial charge in [-0.1, -0.05) is 29.8 Å². The number of aryl methyl sites for hydroxylation is 1. The Kier molecular flexibility index (Phi) is 4.83. The average molecular weight is 290 g/mol. The summed E-state index contributed by atoms with van der Waals surface area (Å²) in [5.41, 5.74) is 2.26. The van der Waals surface area contributed by atoms with E-state index in [4.69, 9.17) is 5.11 Å². The molecule has 2 amide bonds. The molecule has 0 radical (unpaired) electrons. The molecular formula is C16H22N2O3. The molecule has 0 saturated carbocycles. The SMILES string of the molecule is Cc1ccc(CN(C)C(=O)N2CCC[C@@H](C(=O)O)C2)cc1. The number of carboxylic acid groups (broad SMARTS) is 1. The maximum Gasteiger partial charge on any atom is 0.320 e. The largest absolute Gasteiger partial charge is 0.481 e. The zero-order chi connectivity index (χ0) is 15.4. The number of nitrogens with zero attached hydrogens (tertiary/aromatic N) is 2. The van der Waals surface area contributed by atoms with Crippen molar-refractivity contribution < 1.29 is 14.7 Å². The third-order valence-corrected chi connectivity index (χ3v) is 3.91. The molecule has 5 heteroatoms. The van der Waals surface area contributed by atoms with E-state index in [9.17, 15) is 9.59 Å². The number of likely N-dealkylation sites (tertiary alicyclic amines) is 1. The van der Waals surface area contributed by atoms with Crippen molar-refractivity contribution in [3.63, 3.8) is 0 Å². The summed E-state index contributed by atoms with van der Waals surface area (Å²) in [5, 5.41) is 9.09. The summed E-state index contributed by atoms with van der Waals surface area (Å²) in [7, 11) is 1.76. The number of aliphatic carboxylic acids is 1. The molecule has 114 valence electrons. The molecule has 0 spiro atoms. The van der Waals surface area contributed by atoms with Gasteiger partial charge in [-0.05, 0) is 25.3 Å². The maximum absolute atomic E-state index is 12.4. The zero-order valence-corrected chi connectivity index (χ0v) is 12.6. The lowest BCUT2D eigenvalue weighted by atomic mass is 9.99. The van der Waals surface area contributed by atoms with Crippen molar-refractivity contribution in [2.75, 3.05) is 20.1 Å². The van der Waals surface area contributed by atoms with Gasteiger partial charge in [-0.25, -0.2) is 4.79 Å².